The van der Waals surface area contributed by atoms with Gasteiger partial charge in [0.1, 0.15) is 10.8 Å². The molecule has 2 rings (SSSR count). The third-order valence-electron chi connectivity index (χ3n) is 1.88. The molecule has 0 spiro atoms. The number of aromatic amines is 1. The van der Waals surface area contributed by atoms with Gasteiger partial charge in [-0.05, 0) is 12.1 Å². The van der Waals surface area contributed by atoms with Crippen LogP contribution in [0.5, 0.6) is 0 Å². The number of hydrogen-bond donors (Lipinski definition) is 2. The van der Waals surface area contributed by atoms with Crippen molar-refractivity contribution in [1.29, 1.82) is 0 Å². The highest BCUT2D eigenvalue weighted by Crippen LogP contribution is 2.29. The smallest absolute Gasteiger partial charge is 0.148 e. The Kier molecular flexibility index (Phi) is 2.48. The van der Waals surface area contributed by atoms with E-state index in [1.165, 1.54) is 0 Å². The predicted molar refractivity (Wildman–Crippen MR) is 61.1 cm³/mol. The maximum Gasteiger partial charge on any atom is 0.148 e. The van der Waals surface area contributed by atoms with Gasteiger partial charge < -0.3 is 5.73 Å². The molecule has 1 heterocycles. The Hall–Kier alpha value is -1.00. The van der Waals surface area contributed by atoms with E-state index in [1.807, 2.05) is 24.3 Å². The normalized spacial score (nSPS) is 10.4. The third-order valence-corrected chi connectivity index (χ3v) is 2.69. The zero-order valence-corrected chi connectivity index (χ0v) is 9.43. The first-order valence-electron chi connectivity index (χ1n) is 3.94. The van der Waals surface area contributed by atoms with Crippen molar-refractivity contribution in [2.24, 2.45) is 0 Å². The lowest BCUT2D eigenvalue weighted by Crippen LogP contribution is -1.86. The maximum absolute atomic E-state index is 5.76. The summed E-state index contributed by atoms with van der Waals surface area (Å²) >= 11 is 9.11. The quantitative estimate of drug-likeness (QED) is 0.838. The molecule has 0 unspecified atom stereocenters. The van der Waals surface area contributed by atoms with Crippen LogP contribution in [0.4, 0.5) is 5.69 Å². The lowest BCUT2D eigenvalue weighted by molar-refractivity contribution is 1.10. The topological polar surface area (TPSA) is 54.7 Å². The lowest BCUT2D eigenvalue weighted by atomic mass is 10.1. The van der Waals surface area contributed by atoms with E-state index in [0.29, 0.717) is 16.5 Å². The van der Waals surface area contributed by atoms with Gasteiger partial charge in [-0.15, -0.1) is 0 Å². The molecular formula is C9H7BrClN3. The Morgan fingerprint density at radius 2 is 1.93 bits per heavy atom. The molecule has 0 aliphatic heterocycles. The van der Waals surface area contributed by atoms with E-state index < -0.39 is 0 Å². The van der Waals surface area contributed by atoms with E-state index in [9.17, 15) is 0 Å². The molecule has 0 saturated heterocycles. The van der Waals surface area contributed by atoms with Gasteiger partial charge in [-0.25, -0.2) is 0 Å². The van der Waals surface area contributed by atoms with Gasteiger partial charge in [-0.2, -0.15) is 5.10 Å². The standard InChI is InChI=1S/C9H7BrClN3/c10-6-3-1-5(2-4-6)8-7(12)9(11)14-13-8/h1-4H,12H2,(H,13,14). The number of nitrogens with one attached hydrogen (secondary N) is 1. The number of hydrogen-bond acceptors (Lipinski definition) is 2. The van der Waals surface area contributed by atoms with Crippen molar-refractivity contribution in [3.05, 3.63) is 33.9 Å². The second-order valence-electron chi connectivity index (χ2n) is 2.81. The van der Waals surface area contributed by atoms with E-state index >= 15 is 0 Å². The molecule has 0 saturated carbocycles. The van der Waals surface area contributed by atoms with Gasteiger partial charge in [0.15, 0.2) is 0 Å². The van der Waals surface area contributed by atoms with E-state index in [-0.39, 0.29) is 0 Å². The molecule has 3 nitrogen and oxygen atoms in total. The first-order valence-corrected chi connectivity index (χ1v) is 5.11. The maximum atomic E-state index is 5.76. The summed E-state index contributed by atoms with van der Waals surface area (Å²) in [6.07, 6.45) is 0. The van der Waals surface area contributed by atoms with Crippen LogP contribution in [-0.4, -0.2) is 10.2 Å². The minimum atomic E-state index is 0.378. The molecule has 0 bridgehead atoms. The van der Waals surface area contributed by atoms with Gasteiger partial charge in [0.05, 0.1) is 5.69 Å². The predicted octanol–water partition coefficient (Wildman–Crippen LogP) is 3.07. The first-order chi connectivity index (χ1) is 6.68. The minimum Gasteiger partial charge on any atom is -0.394 e. The number of H-pyrrole nitrogens is 1. The van der Waals surface area contributed by atoms with Gasteiger partial charge in [0, 0.05) is 10.0 Å². The molecule has 5 heteroatoms. The average molecular weight is 273 g/mol. The molecule has 0 atom stereocenters. The molecular weight excluding hydrogens is 265 g/mol. The number of aromatic nitrogens is 2. The number of rotatable bonds is 1. The van der Waals surface area contributed by atoms with Crippen molar-refractivity contribution in [2.75, 3.05) is 5.73 Å². The van der Waals surface area contributed by atoms with E-state index in [1.54, 1.807) is 0 Å². The largest absolute Gasteiger partial charge is 0.394 e. The summed E-state index contributed by atoms with van der Waals surface area (Å²) in [5.41, 5.74) is 7.84. The van der Waals surface area contributed by atoms with Gasteiger partial charge in [-0.3, -0.25) is 5.10 Å². The van der Waals surface area contributed by atoms with Gasteiger partial charge >= 0.3 is 0 Å². The highest BCUT2D eigenvalue weighted by atomic mass is 79.9. The SMILES string of the molecule is Nc1c(-c2ccc(Br)cc2)n[nH]c1Cl. The van der Waals surface area contributed by atoms with Crippen LogP contribution in [0.15, 0.2) is 28.7 Å². The fourth-order valence-electron chi connectivity index (χ4n) is 1.16. The summed E-state index contributed by atoms with van der Waals surface area (Å²) in [7, 11) is 0. The second kappa shape index (κ2) is 3.63. The summed E-state index contributed by atoms with van der Waals surface area (Å²) in [5, 5.41) is 7.02. The van der Waals surface area contributed by atoms with Crippen LogP contribution in [0.2, 0.25) is 5.15 Å². The van der Waals surface area contributed by atoms with Crippen LogP contribution in [-0.2, 0) is 0 Å². The second-order valence-corrected chi connectivity index (χ2v) is 4.10. The Morgan fingerprint density at radius 3 is 2.43 bits per heavy atom. The highest BCUT2D eigenvalue weighted by Gasteiger charge is 2.09. The van der Waals surface area contributed by atoms with Crippen LogP contribution in [0.1, 0.15) is 0 Å². The fourth-order valence-corrected chi connectivity index (χ4v) is 1.55. The highest BCUT2D eigenvalue weighted by molar-refractivity contribution is 9.10. The van der Waals surface area contributed by atoms with Gasteiger partial charge in [0.25, 0.3) is 0 Å². The van der Waals surface area contributed by atoms with Crippen molar-refractivity contribution in [3.8, 4) is 11.3 Å². The molecule has 3 N–H and O–H groups in total. The zero-order chi connectivity index (χ0) is 10.1. The fraction of sp³-hybridized carbons (Fsp3) is 0. The molecule has 72 valence electrons. The van der Waals surface area contributed by atoms with Crippen molar-refractivity contribution >= 4 is 33.2 Å². The van der Waals surface area contributed by atoms with Crippen LogP contribution in [0.3, 0.4) is 0 Å². The number of nitrogens with two attached hydrogens (primary N) is 1. The lowest BCUT2D eigenvalue weighted by Gasteiger charge is -1.97. The Balaban J connectivity index is 2.49. The molecule has 14 heavy (non-hydrogen) atoms. The zero-order valence-electron chi connectivity index (χ0n) is 7.09. The van der Waals surface area contributed by atoms with Gasteiger partial charge in [-0.1, -0.05) is 39.7 Å². The summed E-state index contributed by atoms with van der Waals surface area (Å²) < 4.78 is 1.02. The first kappa shape index (κ1) is 9.55. The van der Waals surface area contributed by atoms with E-state index in [4.69, 9.17) is 17.3 Å². The van der Waals surface area contributed by atoms with Crippen LogP contribution in [0, 0.1) is 0 Å². The summed E-state index contributed by atoms with van der Waals surface area (Å²) in [6.45, 7) is 0. The minimum absolute atomic E-state index is 0.378. The molecule has 1 aromatic carbocycles. The van der Waals surface area contributed by atoms with Crippen molar-refractivity contribution in [2.45, 2.75) is 0 Å². The Morgan fingerprint density at radius 1 is 1.29 bits per heavy atom. The van der Waals surface area contributed by atoms with Crippen molar-refractivity contribution in [1.82, 2.24) is 10.2 Å². The third kappa shape index (κ3) is 1.63. The Labute approximate surface area is 94.4 Å². The van der Waals surface area contributed by atoms with E-state index in [2.05, 4.69) is 26.1 Å². The number of nitrogens with zero attached hydrogens (tertiary/aromatic N) is 1. The number of benzene rings is 1. The summed E-state index contributed by atoms with van der Waals surface area (Å²) in [6, 6.07) is 7.70. The average Bonchev–Trinajstić information content (AvgIpc) is 2.50. The molecule has 0 amide bonds. The van der Waals surface area contributed by atoms with E-state index in [0.717, 1.165) is 10.0 Å². The molecule has 2 aromatic rings. The molecule has 0 aliphatic rings. The van der Waals surface area contributed by atoms with Crippen LogP contribution < -0.4 is 5.73 Å². The monoisotopic (exact) mass is 271 g/mol. The van der Waals surface area contributed by atoms with Crippen LogP contribution >= 0.6 is 27.5 Å². The van der Waals surface area contributed by atoms with Crippen molar-refractivity contribution < 1.29 is 0 Å². The van der Waals surface area contributed by atoms with Crippen molar-refractivity contribution in [3.63, 3.8) is 0 Å². The number of anilines is 1. The molecule has 0 fully saturated rings. The molecule has 1 aromatic heterocycles. The molecule has 0 radical (unpaired) electrons. The van der Waals surface area contributed by atoms with Gasteiger partial charge in [0.2, 0.25) is 0 Å². The number of nitrogen functional groups attached to an aromatic ring is 1. The Bertz CT molecular complexity index is 450. The van der Waals surface area contributed by atoms with Crippen LogP contribution in [0.25, 0.3) is 11.3 Å². The summed E-state index contributed by atoms with van der Waals surface area (Å²) in [4.78, 5) is 0. The molecule has 0 aliphatic carbocycles. The number of halogens is 2. The summed E-state index contributed by atoms with van der Waals surface area (Å²) in [5.74, 6) is 0.